The Morgan fingerprint density at radius 2 is 2.04 bits per heavy atom. The maximum atomic E-state index is 12.6. The van der Waals surface area contributed by atoms with Crippen molar-refractivity contribution in [1.82, 2.24) is 5.16 Å². The van der Waals surface area contributed by atoms with E-state index in [0.717, 1.165) is 22.6 Å². The highest BCUT2D eigenvalue weighted by Gasteiger charge is 2.51. The molecule has 1 fully saturated rings. The van der Waals surface area contributed by atoms with Crippen LogP contribution in [0.15, 0.2) is 22.7 Å². The summed E-state index contributed by atoms with van der Waals surface area (Å²) >= 11 is 0. The first-order chi connectivity index (χ1) is 11.5. The molecule has 1 atom stereocenters. The van der Waals surface area contributed by atoms with Gasteiger partial charge in [0.25, 0.3) is 5.91 Å². The standard InChI is InChI=1S/C18H20N2O4/c1-10-16(11(2)24-20-10)12-3-4-15-14(9-12)18(22,17(21)19-15)13-5-7-23-8-6-13/h3-4,9,13,22H,5-8H2,1-2H3,(H,19,21)/t18-/m1/s1. The lowest BCUT2D eigenvalue weighted by Gasteiger charge is -2.33. The van der Waals surface area contributed by atoms with Crippen LogP contribution >= 0.6 is 0 Å². The van der Waals surface area contributed by atoms with Crippen LogP contribution in [0.2, 0.25) is 0 Å². The maximum absolute atomic E-state index is 12.6. The number of ether oxygens (including phenoxy) is 1. The van der Waals surface area contributed by atoms with E-state index in [0.29, 0.717) is 37.3 Å². The first kappa shape index (κ1) is 15.4. The molecule has 24 heavy (non-hydrogen) atoms. The zero-order valence-electron chi connectivity index (χ0n) is 13.8. The number of nitrogens with zero attached hydrogens (tertiary/aromatic N) is 1. The summed E-state index contributed by atoms with van der Waals surface area (Å²) in [4.78, 5) is 12.6. The molecule has 0 bridgehead atoms. The molecule has 3 heterocycles. The van der Waals surface area contributed by atoms with Gasteiger partial charge in [0.1, 0.15) is 5.76 Å². The molecule has 6 heteroatoms. The number of amides is 1. The molecule has 1 amide bonds. The van der Waals surface area contributed by atoms with Crippen molar-refractivity contribution >= 4 is 11.6 Å². The van der Waals surface area contributed by atoms with Crippen molar-refractivity contribution in [2.24, 2.45) is 5.92 Å². The number of aromatic nitrogens is 1. The summed E-state index contributed by atoms with van der Waals surface area (Å²) in [7, 11) is 0. The summed E-state index contributed by atoms with van der Waals surface area (Å²) in [6.07, 6.45) is 1.33. The highest BCUT2D eigenvalue weighted by atomic mass is 16.5. The van der Waals surface area contributed by atoms with Crippen molar-refractivity contribution in [3.05, 3.63) is 35.2 Å². The number of anilines is 1. The van der Waals surface area contributed by atoms with Crippen LogP contribution in [0.1, 0.15) is 29.9 Å². The number of hydrogen-bond donors (Lipinski definition) is 2. The van der Waals surface area contributed by atoms with E-state index in [1.54, 1.807) is 0 Å². The Morgan fingerprint density at radius 3 is 2.71 bits per heavy atom. The number of aryl methyl sites for hydroxylation is 2. The number of nitrogens with one attached hydrogen (secondary N) is 1. The summed E-state index contributed by atoms with van der Waals surface area (Å²) in [5, 5.41) is 18.1. The van der Waals surface area contributed by atoms with E-state index in [1.165, 1.54) is 0 Å². The number of aliphatic hydroxyl groups is 1. The Morgan fingerprint density at radius 1 is 1.29 bits per heavy atom. The van der Waals surface area contributed by atoms with Crippen LogP contribution in [0.25, 0.3) is 11.1 Å². The minimum Gasteiger partial charge on any atom is -0.381 e. The van der Waals surface area contributed by atoms with Crippen LogP contribution in [-0.2, 0) is 15.1 Å². The van der Waals surface area contributed by atoms with Gasteiger partial charge >= 0.3 is 0 Å². The second-order valence-corrected chi connectivity index (χ2v) is 6.57. The van der Waals surface area contributed by atoms with Gasteiger partial charge in [0.05, 0.1) is 5.69 Å². The Kier molecular flexibility index (Phi) is 3.47. The smallest absolute Gasteiger partial charge is 0.261 e. The first-order valence-electron chi connectivity index (χ1n) is 8.21. The molecule has 2 N–H and O–H groups in total. The fourth-order valence-electron chi connectivity index (χ4n) is 3.88. The van der Waals surface area contributed by atoms with Crippen LogP contribution in [0.5, 0.6) is 0 Å². The van der Waals surface area contributed by atoms with E-state index in [9.17, 15) is 9.90 Å². The highest BCUT2D eigenvalue weighted by molar-refractivity contribution is 6.05. The lowest BCUT2D eigenvalue weighted by molar-refractivity contribution is -0.144. The van der Waals surface area contributed by atoms with Gasteiger partial charge in [-0.25, -0.2) is 0 Å². The van der Waals surface area contributed by atoms with Crippen molar-refractivity contribution in [1.29, 1.82) is 0 Å². The molecule has 4 rings (SSSR count). The molecule has 6 nitrogen and oxygen atoms in total. The molecule has 0 radical (unpaired) electrons. The van der Waals surface area contributed by atoms with E-state index >= 15 is 0 Å². The molecular weight excluding hydrogens is 308 g/mol. The van der Waals surface area contributed by atoms with Crippen molar-refractivity contribution in [3.63, 3.8) is 0 Å². The Hall–Kier alpha value is -2.18. The summed E-state index contributed by atoms with van der Waals surface area (Å²) in [6, 6.07) is 5.64. The van der Waals surface area contributed by atoms with Crippen LogP contribution in [0, 0.1) is 19.8 Å². The van der Waals surface area contributed by atoms with Gasteiger partial charge in [-0.3, -0.25) is 4.79 Å². The number of hydrogen-bond acceptors (Lipinski definition) is 5. The van der Waals surface area contributed by atoms with Crippen molar-refractivity contribution in [2.75, 3.05) is 18.5 Å². The molecule has 1 saturated heterocycles. The van der Waals surface area contributed by atoms with E-state index in [2.05, 4.69) is 10.5 Å². The monoisotopic (exact) mass is 328 g/mol. The van der Waals surface area contributed by atoms with Crippen LogP contribution in [0.4, 0.5) is 5.69 Å². The number of carbonyl (C=O) groups excluding carboxylic acids is 1. The third kappa shape index (κ3) is 2.10. The topological polar surface area (TPSA) is 84.6 Å². The average molecular weight is 328 g/mol. The molecule has 0 spiro atoms. The average Bonchev–Trinajstić information content (AvgIpc) is 3.06. The summed E-state index contributed by atoms with van der Waals surface area (Å²) in [5.74, 6) is 0.229. The zero-order valence-corrected chi connectivity index (χ0v) is 13.8. The van der Waals surface area contributed by atoms with E-state index < -0.39 is 5.60 Å². The Balaban J connectivity index is 1.82. The van der Waals surface area contributed by atoms with Crippen molar-refractivity contribution in [3.8, 4) is 11.1 Å². The van der Waals surface area contributed by atoms with Gasteiger partial charge in [0.15, 0.2) is 5.60 Å². The predicted octanol–water partition coefficient (Wildman–Crippen LogP) is 2.52. The van der Waals surface area contributed by atoms with Gasteiger partial charge in [-0.15, -0.1) is 0 Å². The molecule has 126 valence electrons. The number of carbonyl (C=O) groups is 1. The quantitative estimate of drug-likeness (QED) is 0.885. The number of fused-ring (bicyclic) bond motifs is 1. The second-order valence-electron chi connectivity index (χ2n) is 6.57. The molecule has 0 unspecified atom stereocenters. The fraction of sp³-hybridized carbons (Fsp3) is 0.444. The lowest BCUT2D eigenvalue weighted by atomic mass is 9.77. The number of rotatable bonds is 2. The molecule has 0 saturated carbocycles. The first-order valence-corrected chi connectivity index (χ1v) is 8.21. The van der Waals surface area contributed by atoms with Crippen LogP contribution in [-0.4, -0.2) is 29.4 Å². The number of benzene rings is 1. The van der Waals surface area contributed by atoms with Gasteiger partial charge in [0.2, 0.25) is 0 Å². The Labute approximate surface area is 139 Å². The highest BCUT2D eigenvalue weighted by Crippen LogP contribution is 2.46. The van der Waals surface area contributed by atoms with E-state index in [4.69, 9.17) is 9.26 Å². The zero-order chi connectivity index (χ0) is 16.9. The minimum atomic E-state index is -1.51. The van der Waals surface area contributed by atoms with Gasteiger partial charge in [-0.2, -0.15) is 0 Å². The third-order valence-electron chi connectivity index (χ3n) is 5.16. The summed E-state index contributed by atoms with van der Waals surface area (Å²) < 4.78 is 10.6. The fourth-order valence-corrected chi connectivity index (χ4v) is 3.88. The largest absolute Gasteiger partial charge is 0.381 e. The van der Waals surface area contributed by atoms with Gasteiger partial charge < -0.3 is 19.7 Å². The van der Waals surface area contributed by atoms with Gasteiger partial charge in [-0.1, -0.05) is 11.2 Å². The molecule has 0 aliphatic carbocycles. The summed E-state index contributed by atoms with van der Waals surface area (Å²) in [6.45, 7) is 4.88. The second kappa shape index (κ2) is 5.43. The normalized spacial score (nSPS) is 24.0. The predicted molar refractivity (Wildman–Crippen MR) is 87.5 cm³/mol. The van der Waals surface area contributed by atoms with Gasteiger partial charge in [-0.05, 0) is 44.4 Å². The van der Waals surface area contributed by atoms with Crippen LogP contribution in [0.3, 0.4) is 0 Å². The molecule has 2 aromatic rings. The van der Waals surface area contributed by atoms with Crippen LogP contribution < -0.4 is 5.32 Å². The molecule has 2 aliphatic heterocycles. The molecule has 1 aromatic carbocycles. The van der Waals surface area contributed by atoms with Gasteiger partial charge in [0, 0.05) is 35.9 Å². The van der Waals surface area contributed by atoms with Crippen molar-refractivity contribution < 1.29 is 19.2 Å². The maximum Gasteiger partial charge on any atom is 0.261 e. The minimum absolute atomic E-state index is 0.146. The van der Waals surface area contributed by atoms with E-state index in [-0.39, 0.29) is 11.8 Å². The molecule has 2 aliphatic rings. The molecular formula is C18H20N2O4. The van der Waals surface area contributed by atoms with E-state index in [1.807, 2.05) is 32.0 Å². The lowest BCUT2D eigenvalue weighted by Crippen LogP contribution is -2.44. The Bertz CT molecular complexity index is 788. The van der Waals surface area contributed by atoms with Crippen molar-refractivity contribution in [2.45, 2.75) is 32.3 Å². The summed E-state index contributed by atoms with van der Waals surface area (Å²) in [5.41, 5.74) is 2.40. The molecule has 1 aromatic heterocycles. The third-order valence-corrected chi connectivity index (χ3v) is 5.16. The SMILES string of the molecule is Cc1noc(C)c1-c1ccc2c(c1)[C@](O)(C1CCOCC1)C(=O)N2.